The van der Waals surface area contributed by atoms with Gasteiger partial charge in [0.1, 0.15) is 5.84 Å². The molecule has 14 heavy (non-hydrogen) atoms. The Morgan fingerprint density at radius 1 is 1.43 bits per heavy atom. The van der Waals surface area contributed by atoms with Gasteiger partial charge in [-0.1, -0.05) is 32.9 Å². The number of benzene rings is 1. The van der Waals surface area contributed by atoms with Crippen molar-refractivity contribution < 1.29 is 0 Å². The Morgan fingerprint density at radius 3 is 2.71 bits per heavy atom. The third kappa shape index (κ3) is 2.87. The Bertz CT molecular complexity index is 327. The average Bonchev–Trinajstić information content (AvgIpc) is 2.18. The Labute approximate surface area is 85.9 Å². The first-order chi connectivity index (χ1) is 6.63. The zero-order chi connectivity index (χ0) is 10.6. The first kappa shape index (κ1) is 10.8. The zero-order valence-electron chi connectivity index (χ0n) is 9.12. The molecule has 0 aliphatic carbocycles. The second kappa shape index (κ2) is 4.80. The fraction of sp³-hybridized carbons (Fsp3) is 0.417. The Kier molecular flexibility index (Phi) is 3.69. The lowest BCUT2D eigenvalue weighted by molar-refractivity contribution is 0.873. The van der Waals surface area contributed by atoms with Gasteiger partial charge in [-0.05, 0) is 24.1 Å². The minimum atomic E-state index is 0.306. The van der Waals surface area contributed by atoms with E-state index in [1.807, 2.05) is 26.0 Å². The predicted molar refractivity (Wildman–Crippen MR) is 61.9 cm³/mol. The molecule has 0 bridgehead atoms. The van der Waals surface area contributed by atoms with E-state index in [4.69, 9.17) is 5.73 Å². The van der Waals surface area contributed by atoms with Gasteiger partial charge in [-0.3, -0.25) is 0 Å². The number of amidine groups is 1. The van der Waals surface area contributed by atoms with Crippen LogP contribution >= 0.6 is 0 Å². The van der Waals surface area contributed by atoms with Crippen LogP contribution in [0.4, 0.5) is 5.69 Å². The molecule has 0 saturated carbocycles. The van der Waals surface area contributed by atoms with E-state index in [1.54, 1.807) is 0 Å². The van der Waals surface area contributed by atoms with Gasteiger partial charge in [-0.25, -0.2) is 4.99 Å². The van der Waals surface area contributed by atoms with Crippen molar-refractivity contribution in [1.82, 2.24) is 0 Å². The first-order valence-electron chi connectivity index (χ1n) is 5.06. The average molecular weight is 190 g/mol. The summed E-state index contributed by atoms with van der Waals surface area (Å²) in [6.07, 6.45) is 1.03. The molecule has 1 rings (SSSR count). The molecule has 2 heteroatoms. The van der Waals surface area contributed by atoms with Crippen molar-refractivity contribution in [3.05, 3.63) is 29.8 Å². The molecule has 0 fully saturated rings. The van der Waals surface area contributed by atoms with Crippen molar-refractivity contribution >= 4 is 11.5 Å². The van der Waals surface area contributed by atoms with Crippen LogP contribution in [0.1, 0.15) is 26.3 Å². The van der Waals surface area contributed by atoms with Crippen molar-refractivity contribution in [3.63, 3.8) is 0 Å². The molecule has 0 heterocycles. The van der Waals surface area contributed by atoms with E-state index in [1.165, 1.54) is 5.56 Å². The molecular weight excluding hydrogens is 172 g/mol. The summed E-state index contributed by atoms with van der Waals surface area (Å²) in [7, 11) is 0. The predicted octanol–water partition coefficient (Wildman–Crippen LogP) is 2.89. The van der Waals surface area contributed by atoms with Gasteiger partial charge in [0.2, 0.25) is 0 Å². The molecule has 0 aliphatic heterocycles. The van der Waals surface area contributed by atoms with Gasteiger partial charge in [-0.15, -0.1) is 0 Å². The summed E-state index contributed by atoms with van der Waals surface area (Å²) >= 11 is 0. The summed E-state index contributed by atoms with van der Waals surface area (Å²) in [6.45, 7) is 6.22. The summed E-state index contributed by atoms with van der Waals surface area (Å²) < 4.78 is 0. The Morgan fingerprint density at radius 2 is 2.14 bits per heavy atom. The van der Waals surface area contributed by atoms with Gasteiger partial charge in [0.25, 0.3) is 0 Å². The third-order valence-corrected chi connectivity index (χ3v) is 2.17. The molecule has 0 amide bonds. The molecule has 0 unspecified atom stereocenters. The molecule has 2 nitrogen and oxygen atoms in total. The van der Waals surface area contributed by atoms with Gasteiger partial charge in [0, 0.05) is 5.92 Å². The summed E-state index contributed by atoms with van der Waals surface area (Å²) in [5.74, 6) is 0.999. The first-order valence-corrected chi connectivity index (χ1v) is 5.06. The fourth-order valence-electron chi connectivity index (χ4n) is 1.12. The van der Waals surface area contributed by atoms with Crippen molar-refractivity contribution in [2.45, 2.75) is 27.2 Å². The second-order valence-electron chi connectivity index (χ2n) is 3.71. The quantitative estimate of drug-likeness (QED) is 0.577. The molecule has 2 N–H and O–H groups in total. The van der Waals surface area contributed by atoms with Gasteiger partial charge in [0.05, 0.1) is 5.69 Å². The van der Waals surface area contributed by atoms with Gasteiger partial charge in [0.15, 0.2) is 0 Å². The summed E-state index contributed by atoms with van der Waals surface area (Å²) in [6, 6.07) is 8.18. The largest absolute Gasteiger partial charge is 0.387 e. The van der Waals surface area contributed by atoms with E-state index in [0.29, 0.717) is 11.8 Å². The van der Waals surface area contributed by atoms with Crippen LogP contribution in [0.5, 0.6) is 0 Å². The molecule has 0 saturated heterocycles. The fourth-order valence-corrected chi connectivity index (χ4v) is 1.12. The van der Waals surface area contributed by atoms with E-state index in [-0.39, 0.29) is 0 Å². The highest BCUT2D eigenvalue weighted by Gasteiger charge is 1.99. The second-order valence-corrected chi connectivity index (χ2v) is 3.71. The molecule has 1 aromatic carbocycles. The number of nitrogens with zero attached hydrogens (tertiary/aromatic N) is 1. The van der Waals surface area contributed by atoms with Crippen LogP contribution < -0.4 is 5.73 Å². The van der Waals surface area contributed by atoms with Crippen LogP contribution in [0.25, 0.3) is 0 Å². The van der Waals surface area contributed by atoms with Crippen molar-refractivity contribution in [2.24, 2.45) is 16.6 Å². The lowest BCUT2D eigenvalue weighted by atomic mass is 10.1. The van der Waals surface area contributed by atoms with Crippen molar-refractivity contribution in [1.29, 1.82) is 0 Å². The highest BCUT2D eigenvalue weighted by Crippen LogP contribution is 2.15. The summed E-state index contributed by atoms with van der Waals surface area (Å²) in [5, 5.41) is 0. The highest BCUT2D eigenvalue weighted by atomic mass is 14.9. The molecule has 0 aliphatic rings. The van der Waals surface area contributed by atoms with Gasteiger partial charge >= 0.3 is 0 Å². The lowest BCUT2D eigenvalue weighted by Gasteiger charge is -2.04. The number of hydrogen-bond acceptors (Lipinski definition) is 1. The third-order valence-electron chi connectivity index (χ3n) is 2.17. The van der Waals surface area contributed by atoms with E-state index < -0.39 is 0 Å². The minimum absolute atomic E-state index is 0.306. The van der Waals surface area contributed by atoms with Crippen LogP contribution in [0, 0.1) is 5.92 Å². The molecule has 0 aromatic heterocycles. The van der Waals surface area contributed by atoms with Crippen LogP contribution in [-0.4, -0.2) is 5.84 Å². The van der Waals surface area contributed by atoms with E-state index in [2.05, 4.69) is 24.0 Å². The molecule has 0 radical (unpaired) electrons. The zero-order valence-corrected chi connectivity index (χ0v) is 9.12. The van der Waals surface area contributed by atoms with Crippen LogP contribution in [0.2, 0.25) is 0 Å². The summed E-state index contributed by atoms with van der Waals surface area (Å²) in [4.78, 5) is 4.36. The number of aryl methyl sites for hydroxylation is 1. The lowest BCUT2D eigenvalue weighted by Crippen LogP contribution is -2.17. The monoisotopic (exact) mass is 190 g/mol. The Hall–Kier alpha value is -1.31. The normalized spacial score (nSPS) is 12.1. The maximum absolute atomic E-state index is 5.79. The SMILES string of the molecule is CCc1cccc(N=C(N)C(C)C)c1. The molecule has 76 valence electrons. The smallest absolute Gasteiger partial charge is 0.102 e. The molecular formula is C12H18N2. The maximum atomic E-state index is 5.79. The number of aliphatic imine (C=N–C) groups is 1. The van der Waals surface area contributed by atoms with Gasteiger partial charge < -0.3 is 5.73 Å². The minimum Gasteiger partial charge on any atom is -0.387 e. The van der Waals surface area contributed by atoms with E-state index in [9.17, 15) is 0 Å². The van der Waals surface area contributed by atoms with Crippen molar-refractivity contribution in [3.8, 4) is 0 Å². The molecule has 0 spiro atoms. The number of nitrogens with two attached hydrogens (primary N) is 1. The topological polar surface area (TPSA) is 38.4 Å². The number of hydrogen-bond donors (Lipinski definition) is 1. The molecule has 1 aromatic rings. The maximum Gasteiger partial charge on any atom is 0.102 e. The Balaban J connectivity index is 2.91. The van der Waals surface area contributed by atoms with E-state index in [0.717, 1.165) is 12.1 Å². The molecule has 0 atom stereocenters. The van der Waals surface area contributed by atoms with Crippen LogP contribution in [0.15, 0.2) is 29.3 Å². The van der Waals surface area contributed by atoms with Crippen LogP contribution in [-0.2, 0) is 6.42 Å². The number of rotatable bonds is 3. The van der Waals surface area contributed by atoms with Gasteiger partial charge in [-0.2, -0.15) is 0 Å². The van der Waals surface area contributed by atoms with Crippen LogP contribution in [0.3, 0.4) is 0 Å². The van der Waals surface area contributed by atoms with Crippen molar-refractivity contribution in [2.75, 3.05) is 0 Å². The van der Waals surface area contributed by atoms with E-state index >= 15 is 0 Å². The highest BCUT2D eigenvalue weighted by molar-refractivity contribution is 5.84. The standard InChI is InChI=1S/C12H18N2/c1-4-10-6-5-7-11(8-10)14-12(13)9(2)3/h5-9H,4H2,1-3H3,(H2,13,14). The summed E-state index contributed by atoms with van der Waals surface area (Å²) in [5.41, 5.74) is 8.04.